The van der Waals surface area contributed by atoms with Gasteiger partial charge in [-0.25, -0.2) is 4.98 Å². The Kier molecular flexibility index (Phi) is 4.57. The van der Waals surface area contributed by atoms with Gasteiger partial charge in [0.2, 0.25) is 0 Å². The molecule has 1 saturated carbocycles. The SMILES string of the molecule is CCc1nsc(SCC(O)CNC2CC2)n1. The summed E-state index contributed by atoms with van der Waals surface area (Å²) in [5.74, 6) is 1.59. The van der Waals surface area contributed by atoms with E-state index in [1.54, 1.807) is 11.8 Å². The standard InChI is InChI=1S/C10H17N3OS2/c1-2-9-12-10(16-13-9)15-6-8(14)5-11-7-3-4-7/h7-8,11,14H,2-6H2,1H3. The van der Waals surface area contributed by atoms with Gasteiger partial charge in [0, 0.05) is 24.8 Å². The van der Waals surface area contributed by atoms with E-state index in [9.17, 15) is 5.11 Å². The zero-order valence-electron chi connectivity index (χ0n) is 9.35. The highest BCUT2D eigenvalue weighted by Gasteiger charge is 2.21. The summed E-state index contributed by atoms with van der Waals surface area (Å²) in [5, 5.41) is 13.0. The number of aromatic nitrogens is 2. The second-order valence-electron chi connectivity index (χ2n) is 3.98. The summed E-state index contributed by atoms with van der Waals surface area (Å²) in [6.45, 7) is 2.74. The van der Waals surface area contributed by atoms with E-state index in [0.29, 0.717) is 18.3 Å². The number of rotatable bonds is 7. The molecule has 1 heterocycles. The molecule has 1 aliphatic rings. The van der Waals surface area contributed by atoms with E-state index in [4.69, 9.17) is 0 Å². The van der Waals surface area contributed by atoms with Crippen molar-refractivity contribution in [3.05, 3.63) is 5.82 Å². The molecule has 0 radical (unpaired) electrons. The van der Waals surface area contributed by atoms with Crippen molar-refractivity contribution in [3.8, 4) is 0 Å². The quantitative estimate of drug-likeness (QED) is 0.723. The van der Waals surface area contributed by atoms with Crippen LogP contribution in [0, 0.1) is 0 Å². The van der Waals surface area contributed by atoms with Crippen molar-refractivity contribution < 1.29 is 5.11 Å². The van der Waals surface area contributed by atoms with Crippen LogP contribution in [0.4, 0.5) is 0 Å². The Bertz CT molecular complexity index is 328. The van der Waals surface area contributed by atoms with Crippen LogP contribution in [0.25, 0.3) is 0 Å². The zero-order chi connectivity index (χ0) is 11.4. The largest absolute Gasteiger partial charge is 0.391 e. The monoisotopic (exact) mass is 259 g/mol. The molecule has 0 aliphatic heterocycles. The molecule has 1 unspecified atom stereocenters. The Hall–Kier alpha value is -0.170. The summed E-state index contributed by atoms with van der Waals surface area (Å²) in [6.07, 6.45) is 3.11. The second-order valence-corrected chi connectivity index (χ2v) is 6.00. The van der Waals surface area contributed by atoms with Crippen molar-refractivity contribution in [1.82, 2.24) is 14.7 Å². The fraction of sp³-hybridized carbons (Fsp3) is 0.800. The maximum Gasteiger partial charge on any atom is 0.170 e. The number of aliphatic hydroxyl groups excluding tert-OH is 1. The van der Waals surface area contributed by atoms with Crippen molar-refractivity contribution >= 4 is 23.3 Å². The van der Waals surface area contributed by atoms with Crippen LogP contribution in [-0.2, 0) is 6.42 Å². The van der Waals surface area contributed by atoms with Crippen molar-refractivity contribution in [1.29, 1.82) is 0 Å². The van der Waals surface area contributed by atoms with E-state index in [-0.39, 0.29) is 6.10 Å². The van der Waals surface area contributed by atoms with Crippen LogP contribution in [0.15, 0.2) is 4.34 Å². The number of aryl methyl sites for hydroxylation is 1. The van der Waals surface area contributed by atoms with Crippen molar-refractivity contribution in [2.45, 2.75) is 42.7 Å². The van der Waals surface area contributed by atoms with Crippen molar-refractivity contribution in [3.63, 3.8) is 0 Å². The Labute approximate surface area is 104 Å². The summed E-state index contributed by atoms with van der Waals surface area (Å²) >= 11 is 3.01. The van der Waals surface area contributed by atoms with Crippen LogP contribution in [0.1, 0.15) is 25.6 Å². The number of nitrogens with one attached hydrogen (secondary N) is 1. The average molecular weight is 259 g/mol. The Morgan fingerprint density at radius 3 is 3.06 bits per heavy atom. The highest BCUT2D eigenvalue weighted by atomic mass is 32.2. The van der Waals surface area contributed by atoms with Gasteiger partial charge in [-0.15, -0.1) is 0 Å². The lowest BCUT2D eigenvalue weighted by Gasteiger charge is -2.09. The fourth-order valence-corrected chi connectivity index (χ4v) is 2.91. The van der Waals surface area contributed by atoms with Gasteiger partial charge < -0.3 is 10.4 Å². The molecular weight excluding hydrogens is 242 g/mol. The molecule has 2 rings (SSSR count). The smallest absolute Gasteiger partial charge is 0.170 e. The van der Waals surface area contributed by atoms with E-state index >= 15 is 0 Å². The predicted octanol–water partition coefficient (Wildman–Crippen LogP) is 1.31. The topological polar surface area (TPSA) is 58.0 Å². The van der Waals surface area contributed by atoms with Gasteiger partial charge in [-0.1, -0.05) is 18.7 Å². The Balaban J connectivity index is 1.64. The minimum absolute atomic E-state index is 0.292. The molecule has 1 fully saturated rings. The van der Waals surface area contributed by atoms with Gasteiger partial charge in [-0.05, 0) is 24.4 Å². The lowest BCUT2D eigenvalue weighted by Crippen LogP contribution is -2.29. The van der Waals surface area contributed by atoms with Crippen molar-refractivity contribution in [2.24, 2.45) is 0 Å². The van der Waals surface area contributed by atoms with Crippen molar-refractivity contribution in [2.75, 3.05) is 12.3 Å². The molecule has 16 heavy (non-hydrogen) atoms. The van der Waals surface area contributed by atoms with Gasteiger partial charge in [0.1, 0.15) is 5.82 Å². The number of aliphatic hydroxyl groups is 1. The first-order valence-electron chi connectivity index (χ1n) is 5.64. The van der Waals surface area contributed by atoms with Gasteiger partial charge in [0.05, 0.1) is 6.10 Å². The minimum Gasteiger partial charge on any atom is -0.391 e. The van der Waals surface area contributed by atoms with Gasteiger partial charge in [0.15, 0.2) is 4.34 Å². The van der Waals surface area contributed by atoms with Crippen LogP contribution >= 0.6 is 23.3 Å². The third kappa shape index (κ3) is 4.01. The number of thioether (sulfide) groups is 1. The number of hydrogen-bond acceptors (Lipinski definition) is 6. The summed E-state index contributed by atoms with van der Waals surface area (Å²) in [4.78, 5) is 4.35. The van der Waals surface area contributed by atoms with Gasteiger partial charge >= 0.3 is 0 Å². The van der Waals surface area contributed by atoms with Crippen LogP contribution in [0.3, 0.4) is 0 Å². The summed E-state index contributed by atoms with van der Waals surface area (Å²) in [5.41, 5.74) is 0. The van der Waals surface area contributed by atoms with Gasteiger partial charge in [-0.2, -0.15) is 4.37 Å². The molecule has 1 aromatic heterocycles. The molecule has 1 aliphatic carbocycles. The highest BCUT2D eigenvalue weighted by molar-refractivity contribution is 8.00. The van der Waals surface area contributed by atoms with Crippen LogP contribution < -0.4 is 5.32 Å². The Morgan fingerprint density at radius 2 is 2.44 bits per heavy atom. The predicted molar refractivity (Wildman–Crippen MR) is 67.0 cm³/mol. The van der Waals surface area contributed by atoms with Crippen LogP contribution in [0.2, 0.25) is 0 Å². The summed E-state index contributed by atoms with van der Waals surface area (Å²) < 4.78 is 5.17. The highest BCUT2D eigenvalue weighted by Crippen LogP contribution is 2.22. The third-order valence-electron chi connectivity index (χ3n) is 2.38. The van der Waals surface area contributed by atoms with Gasteiger partial charge in [0.25, 0.3) is 0 Å². The molecule has 0 saturated heterocycles. The fourth-order valence-electron chi connectivity index (χ4n) is 1.26. The van der Waals surface area contributed by atoms with E-state index in [1.165, 1.54) is 24.4 Å². The van der Waals surface area contributed by atoms with Crippen LogP contribution in [-0.4, -0.2) is 38.9 Å². The lowest BCUT2D eigenvalue weighted by molar-refractivity contribution is 0.195. The average Bonchev–Trinajstić information content (AvgIpc) is 3.01. The molecular formula is C10H17N3OS2. The second kappa shape index (κ2) is 5.95. The molecule has 1 aromatic rings. The normalized spacial score (nSPS) is 17.6. The zero-order valence-corrected chi connectivity index (χ0v) is 11.0. The third-order valence-corrected chi connectivity index (χ3v) is 4.40. The van der Waals surface area contributed by atoms with E-state index in [0.717, 1.165) is 16.6 Å². The molecule has 4 nitrogen and oxygen atoms in total. The maximum absolute atomic E-state index is 9.72. The maximum atomic E-state index is 9.72. The summed E-state index contributed by atoms with van der Waals surface area (Å²) in [6, 6.07) is 0.660. The first-order chi connectivity index (χ1) is 7.78. The summed E-state index contributed by atoms with van der Waals surface area (Å²) in [7, 11) is 0. The molecule has 90 valence electrons. The number of nitrogens with zero attached hydrogens (tertiary/aromatic N) is 2. The molecule has 0 bridgehead atoms. The van der Waals surface area contributed by atoms with E-state index in [1.807, 2.05) is 6.92 Å². The first kappa shape index (κ1) is 12.3. The van der Waals surface area contributed by atoms with Crippen LogP contribution in [0.5, 0.6) is 0 Å². The van der Waals surface area contributed by atoms with E-state index in [2.05, 4.69) is 14.7 Å². The number of hydrogen-bond donors (Lipinski definition) is 2. The lowest BCUT2D eigenvalue weighted by atomic mass is 10.4. The van der Waals surface area contributed by atoms with Gasteiger partial charge in [-0.3, -0.25) is 0 Å². The molecule has 0 amide bonds. The molecule has 2 N–H and O–H groups in total. The minimum atomic E-state index is -0.292. The molecule has 0 spiro atoms. The molecule has 1 atom stereocenters. The molecule has 6 heteroatoms. The Morgan fingerprint density at radius 1 is 1.62 bits per heavy atom. The first-order valence-corrected chi connectivity index (χ1v) is 7.40. The van der Waals surface area contributed by atoms with E-state index < -0.39 is 0 Å². The molecule has 0 aromatic carbocycles.